The van der Waals surface area contributed by atoms with Crippen LogP contribution in [-0.4, -0.2) is 38.8 Å². The molecule has 0 saturated heterocycles. The third-order valence-electron chi connectivity index (χ3n) is 2.62. The summed E-state index contributed by atoms with van der Waals surface area (Å²) in [5.74, 6) is 0.113. The predicted molar refractivity (Wildman–Crippen MR) is 78.1 cm³/mol. The SMILES string of the molecule is CS(=O)(=O)NCCNC(CC(N)=NO)c1ccccc1. The standard InChI is InChI=1S/C12H20N4O3S/c1-20(18,19)15-8-7-14-11(9-12(13)16-17)10-5-3-2-4-6-10/h2-6,11,14-15,17H,7-9H2,1H3,(H2,13,16). The quantitative estimate of drug-likeness (QED) is 0.177. The Kier molecular flexibility index (Phi) is 6.43. The summed E-state index contributed by atoms with van der Waals surface area (Å²) in [6.07, 6.45) is 1.44. The van der Waals surface area contributed by atoms with Crippen molar-refractivity contribution in [2.24, 2.45) is 10.9 Å². The number of nitrogens with one attached hydrogen (secondary N) is 2. The van der Waals surface area contributed by atoms with Gasteiger partial charge in [0, 0.05) is 25.6 Å². The van der Waals surface area contributed by atoms with Gasteiger partial charge < -0.3 is 16.3 Å². The van der Waals surface area contributed by atoms with Crippen LogP contribution in [0.25, 0.3) is 0 Å². The number of nitrogens with two attached hydrogens (primary N) is 1. The molecular weight excluding hydrogens is 280 g/mol. The van der Waals surface area contributed by atoms with Gasteiger partial charge in [0.1, 0.15) is 5.84 Å². The number of hydrogen-bond acceptors (Lipinski definition) is 5. The minimum absolute atomic E-state index is 0.113. The molecule has 0 radical (unpaired) electrons. The first-order chi connectivity index (χ1) is 9.42. The number of rotatable bonds is 8. The molecule has 0 amide bonds. The lowest BCUT2D eigenvalue weighted by molar-refractivity contribution is 0.315. The van der Waals surface area contributed by atoms with E-state index in [1.807, 2.05) is 30.3 Å². The second-order valence-corrected chi connectivity index (χ2v) is 6.21. The van der Waals surface area contributed by atoms with Crippen molar-refractivity contribution in [3.05, 3.63) is 35.9 Å². The van der Waals surface area contributed by atoms with Crippen LogP contribution < -0.4 is 15.8 Å². The van der Waals surface area contributed by atoms with E-state index in [-0.39, 0.29) is 18.4 Å². The maximum atomic E-state index is 11.0. The van der Waals surface area contributed by atoms with E-state index in [2.05, 4.69) is 15.2 Å². The zero-order valence-corrected chi connectivity index (χ0v) is 12.1. The van der Waals surface area contributed by atoms with Crippen molar-refractivity contribution in [2.45, 2.75) is 12.5 Å². The van der Waals surface area contributed by atoms with Gasteiger partial charge in [0.2, 0.25) is 10.0 Å². The molecule has 1 aromatic rings. The molecule has 20 heavy (non-hydrogen) atoms. The van der Waals surface area contributed by atoms with Crippen LogP contribution in [0.15, 0.2) is 35.5 Å². The van der Waals surface area contributed by atoms with Gasteiger partial charge in [0.05, 0.1) is 6.26 Å². The molecule has 0 aromatic heterocycles. The van der Waals surface area contributed by atoms with Crippen LogP contribution in [0.5, 0.6) is 0 Å². The average molecular weight is 300 g/mol. The van der Waals surface area contributed by atoms with Crippen molar-refractivity contribution >= 4 is 15.9 Å². The highest BCUT2D eigenvalue weighted by Crippen LogP contribution is 2.15. The Labute approximate surface area is 118 Å². The van der Waals surface area contributed by atoms with E-state index in [4.69, 9.17) is 10.9 Å². The van der Waals surface area contributed by atoms with Gasteiger partial charge in [0.15, 0.2) is 0 Å². The van der Waals surface area contributed by atoms with E-state index in [0.717, 1.165) is 11.8 Å². The van der Waals surface area contributed by atoms with Gasteiger partial charge in [-0.15, -0.1) is 0 Å². The molecule has 1 aromatic carbocycles. The predicted octanol–water partition coefficient (Wildman–Crippen LogP) is 0.00300. The third kappa shape index (κ3) is 6.50. The lowest BCUT2D eigenvalue weighted by Crippen LogP contribution is -2.34. The fourth-order valence-electron chi connectivity index (χ4n) is 1.73. The molecule has 0 spiro atoms. The molecule has 1 unspecified atom stereocenters. The topological polar surface area (TPSA) is 117 Å². The van der Waals surface area contributed by atoms with Gasteiger partial charge in [-0.3, -0.25) is 0 Å². The highest BCUT2D eigenvalue weighted by atomic mass is 32.2. The molecule has 8 heteroatoms. The number of amidine groups is 1. The van der Waals surface area contributed by atoms with Gasteiger partial charge in [0.25, 0.3) is 0 Å². The molecule has 112 valence electrons. The smallest absolute Gasteiger partial charge is 0.208 e. The van der Waals surface area contributed by atoms with E-state index in [9.17, 15) is 8.42 Å². The lowest BCUT2D eigenvalue weighted by Gasteiger charge is -2.18. The zero-order valence-electron chi connectivity index (χ0n) is 11.3. The lowest BCUT2D eigenvalue weighted by atomic mass is 10.0. The van der Waals surface area contributed by atoms with Crippen LogP contribution in [0.1, 0.15) is 18.0 Å². The Balaban J connectivity index is 2.60. The van der Waals surface area contributed by atoms with Crippen LogP contribution in [0.2, 0.25) is 0 Å². The average Bonchev–Trinajstić information content (AvgIpc) is 2.41. The van der Waals surface area contributed by atoms with E-state index in [0.29, 0.717) is 13.0 Å². The van der Waals surface area contributed by atoms with Gasteiger partial charge in [-0.25, -0.2) is 13.1 Å². The monoisotopic (exact) mass is 300 g/mol. The summed E-state index contributed by atoms with van der Waals surface area (Å²) in [6.45, 7) is 0.712. The Hall–Kier alpha value is -1.64. The number of oxime groups is 1. The fraction of sp³-hybridized carbons (Fsp3) is 0.417. The van der Waals surface area contributed by atoms with Crippen molar-refractivity contribution < 1.29 is 13.6 Å². The highest BCUT2D eigenvalue weighted by molar-refractivity contribution is 7.88. The van der Waals surface area contributed by atoms with E-state index >= 15 is 0 Å². The molecule has 0 aliphatic rings. The zero-order chi connectivity index (χ0) is 15.0. The van der Waals surface area contributed by atoms with E-state index < -0.39 is 10.0 Å². The molecule has 0 aliphatic heterocycles. The van der Waals surface area contributed by atoms with Crippen molar-refractivity contribution in [3.8, 4) is 0 Å². The van der Waals surface area contributed by atoms with Crippen molar-refractivity contribution in [2.75, 3.05) is 19.3 Å². The van der Waals surface area contributed by atoms with Gasteiger partial charge in [-0.1, -0.05) is 35.5 Å². The van der Waals surface area contributed by atoms with Gasteiger partial charge in [-0.2, -0.15) is 0 Å². The number of nitrogens with zero attached hydrogens (tertiary/aromatic N) is 1. The molecule has 1 rings (SSSR count). The summed E-state index contributed by atoms with van der Waals surface area (Å²) in [5, 5.41) is 14.8. The van der Waals surface area contributed by atoms with Gasteiger partial charge >= 0.3 is 0 Å². The van der Waals surface area contributed by atoms with E-state index in [1.54, 1.807) is 0 Å². The summed E-state index contributed by atoms with van der Waals surface area (Å²) >= 11 is 0. The minimum atomic E-state index is -3.19. The summed E-state index contributed by atoms with van der Waals surface area (Å²) in [6, 6.07) is 9.39. The minimum Gasteiger partial charge on any atom is -0.409 e. The molecular formula is C12H20N4O3S. The molecule has 7 nitrogen and oxygen atoms in total. The fourth-order valence-corrected chi connectivity index (χ4v) is 2.20. The largest absolute Gasteiger partial charge is 0.409 e. The Morgan fingerprint density at radius 1 is 1.35 bits per heavy atom. The molecule has 1 atom stereocenters. The Bertz CT molecular complexity index is 531. The first kappa shape index (κ1) is 16.4. The number of sulfonamides is 1. The second-order valence-electron chi connectivity index (χ2n) is 4.38. The number of benzene rings is 1. The van der Waals surface area contributed by atoms with Crippen molar-refractivity contribution in [1.29, 1.82) is 0 Å². The molecule has 5 N–H and O–H groups in total. The highest BCUT2D eigenvalue weighted by Gasteiger charge is 2.13. The van der Waals surface area contributed by atoms with Crippen molar-refractivity contribution in [1.82, 2.24) is 10.0 Å². The van der Waals surface area contributed by atoms with Crippen molar-refractivity contribution in [3.63, 3.8) is 0 Å². The molecule has 0 heterocycles. The first-order valence-corrected chi connectivity index (χ1v) is 8.01. The normalized spacial score (nSPS) is 14.2. The maximum Gasteiger partial charge on any atom is 0.208 e. The van der Waals surface area contributed by atoms with Crippen LogP contribution in [0.3, 0.4) is 0 Å². The van der Waals surface area contributed by atoms with Crippen LogP contribution in [-0.2, 0) is 10.0 Å². The van der Waals surface area contributed by atoms with E-state index in [1.165, 1.54) is 0 Å². The van der Waals surface area contributed by atoms with Gasteiger partial charge in [-0.05, 0) is 5.56 Å². The summed E-state index contributed by atoms with van der Waals surface area (Å²) in [4.78, 5) is 0. The van der Waals surface area contributed by atoms with Crippen LogP contribution in [0.4, 0.5) is 0 Å². The molecule has 0 fully saturated rings. The first-order valence-electron chi connectivity index (χ1n) is 6.11. The maximum absolute atomic E-state index is 11.0. The van der Waals surface area contributed by atoms with Crippen LogP contribution >= 0.6 is 0 Å². The Morgan fingerprint density at radius 2 is 2.00 bits per heavy atom. The molecule has 0 aliphatic carbocycles. The summed E-state index contributed by atoms with van der Waals surface area (Å²) < 4.78 is 24.3. The number of hydrogen-bond donors (Lipinski definition) is 4. The van der Waals surface area contributed by atoms with Crippen LogP contribution in [0, 0.1) is 0 Å². The summed E-state index contributed by atoms with van der Waals surface area (Å²) in [7, 11) is -3.19. The summed E-state index contributed by atoms with van der Waals surface area (Å²) in [5.41, 5.74) is 6.52. The second kappa shape index (κ2) is 7.83. The Morgan fingerprint density at radius 3 is 2.55 bits per heavy atom. The molecule has 0 bridgehead atoms. The molecule has 0 saturated carbocycles. The third-order valence-corrected chi connectivity index (χ3v) is 3.35.